The van der Waals surface area contributed by atoms with E-state index in [9.17, 15) is 8.78 Å². The van der Waals surface area contributed by atoms with E-state index in [0.717, 1.165) is 25.6 Å². The first-order chi connectivity index (χ1) is 9.79. The van der Waals surface area contributed by atoms with Crippen molar-refractivity contribution < 1.29 is 8.78 Å². The fraction of sp³-hybridized carbons (Fsp3) is 0.647. The molecule has 0 saturated carbocycles. The molecule has 1 aliphatic rings. The summed E-state index contributed by atoms with van der Waals surface area (Å²) in [5, 5.41) is 3.61. The van der Waals surface area contributed by atoms with Crippen LogP contribution in [0.25, 0.3) is 0 Å². The van der Waals surface area contributed by atoms with Gasteiger partial charge in [0.15, 0.2) is 0 Å². The molecule has 118 valence electrons. The van der Waals surface area contributed by atoms with E-state index < -0.39 is 11.6 Å². The Morgan fingerprint density at radius 3 is 2.33 bits per heavy atom. The van der Waals surface area contributed by atoms with Gasteiger partial charge in [0, 0.05) is 37.8 Å². The minimum absolute atomic E-state index is 0.171. The van der Waals surface area contributed by atoms with Gasteiger partial charge < -0.3 is 5.32 Å². The van der Waals surface area contributed by atoms with Crippen molar-refractivity contribution in [3.63, 3.8) is 0 Å². The molecule has 1 aromatic carbocycles. The van der Waals surface area contributed by atoms with Gasteiger partial charge in [-0.2, -0.15) is 0 Å². The van der Waals surface area contributed by atoms with Gasteiger partial charge >= 0.3 is 0 Å². The van der Waals surface area contributed by atoms with Gasteiger partial charge in [-0.15, -0.1) is 0 Å². The summed E-state index contributed by atoms with van der Waals surface area (Å²) in [5.74, 6) is -0.999. The van der Waals surface area contributed by atoms with Crippen LogP contribution in [0.2, 0.25) is 0 Å². The van der Waals surface area contributed by atoms with Gasteiger partial charge in [-0.1, -0.05) is 27.7 Å². The molecule has 0 radical (unpaired) electrons. The van der Waals surface area contributed by atoms with Gasteiger partial charge in [-0.25, -0.2) is 8.78 Å². The Bertz CT molecular complexity index is 462. The third kappa shape index (κ3) is 4.24. The van der Waals surface area contributed by atoms with E-state index in [1.165, 1.54) is 12.1 Å². The molecule has 1 saturated heterocycles. The SMILES string of the molecule is CCC1CNC(C(C)(C)C)CN1Cc1cc(F)cc(F)c1. The quantitative estimate of drug-likeness (QED) is 0.917. The van der Waals surface area contributed by atoms with Crippen molar-refractivity contribution >= 4 is 0 Å². The molecule has 4 heteroatoms. The molecule has 1 heterocycles. The summed E-state index contributed by atoms with van der Waals surface area (Å²) in [7, 11) is 0. The zero-order valence-electron chi connectivity index (χ0n) is 13.4. The smallest absolute Gasteiger partial charge is 0.126 e. The molecule has 21 heavy (non-hydrogen) atoms. The Morgan fingerprint density at radius 1 is 1.19 bits per heavy atom. The molecule has 0 aromatic heterocycles. The van der Waals surface area contributed by atoms with Gasteiger partial charge in [-0.3, -0.25) is 4.90 Å². The van der Waals surface area contributed by atoms with Crippen LogP contribution in [0.5, 0.6) is 0 Å². The maximum absolute atomic E-state index is 13.4. The largest absolute Gasteiger partial charge is 0.311 e. The molecule has 0 aliphatic carbocycles. The van der Waals surface area contributed by atoms with Crippen LogP contribution >= 0.6 is 0 Å². The lowest BCUT2D eigenvalue weighted by Gasteiger charge is -2.45. The van der Waals surface area contributed by atoms with Crippen molar-refractivity contribution in [1.82, 2.24) is 10.2 Å². The molecule has 0 amide bonds. The fourth-order valence-electron chi connectivity index (χ4n) is 2.97. The molecular weight excluding hydrogens is 270 g/mol. The van der Waals surface area contributed by atoms with Gasteiger partial charge in [0.05, 0.1) is 0 Å². The number of benzene rings is 1. The van der Waals surface area contributed by atoms with E-state index >= 15 is 0 Å². The Labute approximate surface area is 126 Å². The van der Waals surface area contributed by atoms with Crippen LogP contribution in [0.4, 0.5) is 8.78 Å². The molecular formula is C17H26F2N2. The predicted octanol–water partition coefficient (Wildman–Crippen LogP) is 3.56. The van der Waals surface area contributed by atoms with Crippen molar-refractivity contribution in [2.24, 2.45) is 5.41 Å². The molecule has 2 unspecified atom stereocenters. The Balaban J connectivity index is 2.14. The van der Waals surface area contributed by atoms with Crippen molar-refractivity contribution in [2.45, 2.75) is 52.7 Å². The van der Waals surface area contributed by atoms with E-state index in [2.05, 4.69) is 37.9 Å². The molecule has 0 spiro atoms. The second kappa shape index (κ2) is 6.41. The number of hydrogen-bond donors (Lipinski definition) is 1. The monoisotopic (exact) mass is 296 g/mol. The Kier molecular flexibility index (Phi) is 4.99. The number of rotatable bonds is 3. The minimum Gasteiger partial charge on any atom is -0.311 e. The van der Waals surface area contributed by atoms with Crippen LogP contribution in [0.15, 0.2) is 18.2 Å². The van der Waals surface area contributed by atoms with Crippen molar-refractivity contribution in [2.75, 3.05) is 13.1 Å². The zero-order chi connectivity index (χ0) is 15.6. The summed E-state index contributed by atoms with van der Waals surface area (Å²) in [6.45, 7) is 11.2. The molecule has 0 bridgehead atoms. The topological polar surface area (TPSA) is 15.3 Å². The average Bonchev–Trinajstić information content (AvgIpc) is 2.36. The number of nitrogens with zero attached hydrogens (tertiary/aromatic N) is 1. The standard InChI is InChI=1S/C17H26F2N2/c1-5-15-9-20-16(17(2,3)4)11-21(15)10-12-6-13(18)8-14(19)7-12/h6-8,15-16,20H,5,9-11H2,1-4H3. The predicted molar refractivity (Wildman–Crippen MR) is 82.1 cm³/mol. The molecule has 1 fully saturated rings. The van der Waals surface area contributed by atoms with Crippen LogP contribution in [-0.4, -0.2) is 30.1 Å². The second-order valence-corrected chi connectivity index (χ2v) is 7.10. The van der Waals surface area contributed by atoms with Crippen LogP contribution in [0.3, 0.4) is 0 Å². The highest BCUT2D eigenvalue weighted by Gasteiger charge is 2.33. The highest BCUT2D eigenvalue weighted by molar-refractivity contribution is 5.18. The zero-order valence-corrected chi connectivity index (χ0v) is 13.4. The summed E-state index contributed by atoms with van der Waals surface area (Å²) in [5.41, 5.74) is 0.880. The summed E-state index contributed by atoms with van der Waals surface area (Å²) >= 11 is 0. The normalized spacial score (nSPS) is 24.3. The maximum atomic E-state index is 13.4. The highest BCUT2D eigenvalue weighted by atomic mass is 19.1. The van der Waals surface area contributed by atoms with Gasteiger partial charge in [0.1, 0.15) is 11.6 Å². The minimum atomic E-state index is -0.499. The number of halogens is 2. The summed E-state index contributed by atoms with van der Waals surface area (Å²) in [6.07, 6.45) is 1.03. The van der Waals surface area contributed by atoms with Crippen molar-refractivity contribution in [3.05, 3.63) is 35.4 Å². The lowest BCUT2D eigenvalue weighted by molar-refractivity contribution is 0.0773. The first kappa shape index (κ1) is 16.4. The fourth-order valence-corrected chi connectivity index (χ4v) is 2.97. The van der Waals surface area contributed by atoms with E-state index in [-0.39, 0.29) is 5.41 Å². The van der Waals surface area contributed by atoms with Crippen LogP contribution in [0, 0.1) is 17.0 Å². The van der Waals surface area contributed by atoms with Crippen molar-refractivity contribution in [1.29, 1.82) is 0 Å². The second-order valence-electron chi connectivity index (χ2n) is 7.10. The average molecular weight is 296 g/mol. The van der Waals surface area contributed by atoms with Crippen LogP contribution in [-0.2, 0) is 6.54 Å². The highest BCUT2D eigenvalue weighted by Crippen LogP contribution is 2.25. The first-order valence-electron chi connectivity index (χ1n) is 7.72. The van der Waals surface area contributed by atoms with Gasteiger partial charge in [0.2, 0.25) is 0 Å². The summed E-state index contributed by atoms with van der Waals surface area (Å²) in [4.78, 5) is 2.35. The number of nitrogens with one attached hydrogen (secondary N) is 1. The van der Waals surface area contributed by atoms with E-state index in [0.29, 0.717) is 24.2 Å². The lowest BCUT2D eigenvalue weighted by atomic mass is 9.84. The number of piperazine rings is 1. The lowest BCUT2D eigenvalue weighted by Crippen LogP contribution is -2.59. The van der Waals surface area contributed by atoms with Gasteiger partial charge in [0.25, 0.3) is 0 Å². The Hall–Kier alpha value is -1.00. The Morgan fingerprint density at radius 2 is 1.81 bits per heavy atom. The first-order valence-corrected chi connectivity index (χ1v) is 7.72. The van der Waals surface area contributed by atoms with Crippen molar-refractivity contribution in [3.8, 4) is 0 Å². The molecule has 2 nitrogen and oxygen atoms in total. The molecule has 1 aliphatic heterocycles. The van der Waals surface area contributed by atoms with Crippen LogP contribution < -0.4 is 5.32 Å². The molecule has 2 atom stereocenters. The van der Waals surface area contributed by atoms with Gasteiger partial charge in [-0.05, 0) is 29.5 Å². The number of hydrogen-bond acceptors (Lipinski definition) is 2. The molecule has 1 aromatic rings. The third-order valence-corrected chi connectivity index (χ3v) is 4.36. The van der Waals surface area contributed by atoms with E-state index in [4.69, 9.17) is 0 Å². The van der Waals surface area contributed by atoms with E-state index in [1.54, 1.807) is 0 Å². The molecule has 2 rings (SSSR count). The molecule has 1 N–H and O–H groups in total. The maximum Gasteiger partial charge on any atom is 0.126 e. The van der Waals surface area contributed by atoms with E-state index in [1.807, 2.05) is 0 Å². The third-order valence-electron chi connectivity index (χ3n) is 4.36. The summed E-state index contributed by atoms with van der Waals surface area (Å²) < 4.78 is 26.7. The summed E-state index contributed by atoms with van der Waals surface area (Å²) in [6, 6.07) is 4.60. The van der Waals surface area contributed by atoms with Crippen LogP contribution in [0.1, 0.15) is 39.7 Å².